The number of hydrogen-bond acceptors (Lipinski definition) is 4. The molecule has 0 bridgehead atoms. The van der Waals surface area contributed by atoms with Crippen LogP contribution in [0, 0.1) is 0 Å². The van der Waals surface area contributed by atoms with E-state index in [9.17, 15) is 0 Å². The maximum absolute atomic E-state index is 6.51. The van der Waals surface area contributed by atoms with Crippen LogP contribution in [0.5, 0.6) is 11.5 Å². The Labute approximate surface area is 114 Å². The van der Waals surface area contributed by atoms with Crippen molar-refractivity contribution in [2.24, 2.45) is 5.73 Å². The van der Waals surface area contributed by atoms with Gasteiger partial charge in [-0.15, -0.1) is 0 Å². The molecule has 0 saturated carbocycles. The highest BCUT2D eigenvalue weighted by Gasteiger charge is 2.29. The van der Waals surface area contributed by atoms with Crippen molar-refractivity contribution in [3.8, 4) is 11.5 Å². The van der Waals surface area contributed by atoms with Crippen molar-refractivity contribution < 1.29 is 9.47 Å². The number of rotatable bonds is 3. The molecule has 0 amide bonds. The van der Waals surface area contributed by atoms with Gasteiger partial charge in [0.25, 0.3) is 0 Å². The SMILES string of the molecule is CN1CCCC(N)(CCc2ccc3c(c2)OCO3)C1. The fraction of sp³-hybridized carbons (Fsp3) is 0.600. The van der Waals surface area contributed by atoms with Gasteiger partial charge < -0.3 is 20.1 Å². The van der Waals surface area contributed by atoms with Crippen LogP contribution in [0.4, 0.5) is 0 Å². The number of nitrogens with zero attached hydrogens (tertiary/aromatic N) is 1. The first-order valence-corrected chi connectivity index (χ1v) is 7.01. The fourth-order valence-electron chi connectivity index (χ4n) is 3.09. The molecule has 2 heterocycles. The van der Waals surface area contributed by atoms with Gasteiger partial charge in [0.15, 0.2) is 11.5 Å². The molecule has 4 heteroatoms. The summed E-state index contributed by atoms with van der Waals surface area (Å²) in [5.41, 5.74) is 7.75. The lowest BCUT2D eigenvalue weighted by Crippen LogP contribution is -2.53. The van der Waals surface area contributed by atoms with Crippen molar-refractivity contribution >= 4 is 0 Å². The van der Waals surface area contributed by atoms with Gasteiger partial charge in [-0.25, -0.2) is 0 Å². The average molecular weight is 262 g/mol. The second-order valence-corrected chi connectivity index (χ2v) is 5.89. The van der Waals surface area contributed by atoms with Crippen LogP contribution in [-0.4, -0.2) is 37.4 Å². The Hall–Kier alpha value is -1.26. The predicted octanol–water partition coefficient (Wildman–Crippen LogP) is 1.77. The van der Waals surface area contributed by atoms with Crippen molar-refractivity contribution in [3.05, 3.63) is 23.8 Å². The zero-order valence-electron chi connectivity index (χ0n) is 11.5. The summed E-state index contributed by atoms with van der Waals surface area (Å²) in [6.45, 7) is 2.50. The zero-order chi connectivity index (χ0) is 13.3. The summed E-state index contributed by atoms with van der Waals surface area (Å²) in [7, 11) is 2.15. The van der Waals surface area contributed by atoms with E-state index in [0.717, 1.165) is 37.3 Å². The predicted molar refractivity (Wildman–Crippen MR) is 74.5 cm³/mol. The van der Waals surface area contributed by atoms with E-state index in [0.29, 0.717) is 6.79 Å². The fourth-order valence-corrected chi connectivity index (χ4v) is 3.09. The van der Waals surface area contributed by atoms with Crippen LogP contribution in [0.3, 0.4) is 0 Å². The van der Waals surface area contributed by atoms with Crippen LogP contribution >= 0.6 is 0 Å². The second kappa shape index (κ2) is 5.02. The van der Waals surface area contributed by atoms with E-state index in [2.05, 4.69) is 24.1 Å². The molecule has 2 N–H and O–H groups in total. The van der Waals surface area contributed by atoms with E-state index in [-0.39, 0.29) is 5.54 Å². The number of hydrogen-bond donors (Lipinski definition) is 1. The van der Waals surface area contributed by atoms with Gasteiger partial charge in [-0.3, -0.25) is 0 Å². The third kappa shape index (κ3) is 2.85. The number of nitrogens with two attached hydrogens (primary N) is 1. The van der Waals surface area contributed by atoms with Gasteiger partial charge in [-0.1, -0.05) is 6.07 Å². The minimum Gasteiger partial charge on any atom is -0.454 e. The number of piperidine rings is 1. The van der Waals surface area contributed by atoms with Gasteiger partial charge in [0, 0.05) is 12.1 Å². The molecule has 1 aromatic carbocycles. The first kappa shape index (κ1) is 12.8. The normalized spacial score (nSPS) is 26.6. The number of aryl methyl sites for hydroxylation is 1. The molecule has 1 fully saturated rings. The molecule has 0 radical (unpaired) electrons. The Morgan fingerprint density at radius 1 is 1.32 bits per heavy atom. The van der Waals surface area contributed by atoms with Gasteiger partial charge in [-0.2, -0.15) is 0 Å². The summed E-state index contributed by atoms with van der Waals surface area (Å²) in [6.07, 6.45) is 4.36. The Bertz CT molecular complexity index is 463. The summed E-state index contributed by atoms with van der Waals surface area (Å²) in [5, 5.41) is 0. The van der Waals surface area contributed by atoms with Crippen LogP contribution in [0.15, 0.2) is 18.2 Å². The van der Waals surface area contributed by atoms with Crippen molar-refractivity contribution in [2.75, 3.05) is 26.9 Å². The lowest BCUT2D eigenvalue weighted by Gasteiger charge is -2.38. The Morgan fingerprint density at radius 2 is 2.16 bits per heavy atom. The van der Waals surface area contributed by atoms with Crippen LogP contribution in [0.1, 0.15) is 24.8 Å². The quantitative estimate of drug-likeness (QED) is 0.902. The molecule has 3 rings (SSSR count). The number of ether oxygens (including phenoxy) is 2. The molecule has 1 saturated heterocycles. The summed E-state index contributed by atoms with van der Waals surface area (Å²) in [4.78, 5) is 2.34. The number of benzene rings is 1. The van der Waals surface area contributed by atoms with Gasteiger partial charge in [-0.05, 0) is 57.0 Å². The molecular formula is C15H22N2O2. The summed E-state index contributed by atoms with van der Waals surface area (Å²) >= 11 is 0. The van der Waals surface area contributed by atoms with E-state index >= 15 is 0 Å². The molecule has 0 aliphatic carbocycles. The smallest absolute Gasteiger partial charge is 0.231 e. The number of fused-ring (bicyclic) bond motifs is 1. The van der Waals surface area contributed by atoms with Gasteiger partial charge in [0.2, 0.25) is 6.79 Å². The molecule has 0 spiro atoms. The first-order chi connectivity index (χ1) is 9.15. The zero-order valence-corrected chi connectivity index (χ0v) is 11.5. The Morgan fingerprint density at radius 3 is 3.00 bits per heavy atom. The van der Waals surface area contributed by atoms with Gasteiger partial charge in [0.05, 0.1) is 0 Å². The Kier molecular flexibility index (Phi) is 3.37. The lowest BCUT2D eigenvalue weighted by molar-refractivity contribution is 0.170. The third-order valence-electron chi connectivity index (χ3n) is 4.15. The molecule has 2 aliphatic heterocycles. The topological polar surface area (TPSA) is 47.7 Å². The monoisotopic (exact) mass is 262 g/mol. The molecule has 1 aromatic rings. The summed E-state index contributed by atoms with van der Waals surface area (Å²) < 4.78 is 10.7. The van der Waals surface area contributed by atoms with Crippen LogP contribution in [0.25, 0.3) is 0 Å². The van der Waals surface area contributed by atoms with Crippen molar-refractivity contribution in [1.29, 1.82) is 0 Å². The van der Waals surface area contributed by atoms with E-state index in [1.54, 1.807) is 0 Å². The number of likely N-dealkylation sites (N-methyl/N-ethyl adjacent to an activating group) is 1. The largest absolute Gasteiger partial charge is 0.454 e. The molecule has 104 valence electrons. The van der Waals surface area contributed by atoms with E-state index in [4.69, 9.17) is 15.2 Å². The summed E-state index contributed by atoms with van der Waals surface area (Å²) in [5.74, 6) is 1.72. The number of likely N-dealkylation sites (tertiary alicyclic amines) is 1. The standard InChI is InChI=1S/C15H22N2O2/c1-17-8-2-6-15(16,10-17)7-5-12-3-4-13-14(9-12)19-11-18-13/h3-4,9H,2,5-8,10-11,16H2,1H3. The van der Waals surface area contributed by atoms with Crippen LogP contribution < -0.4 is 15.2 Å². The average Bonchev–Trinajstić information content (AvgIpc) is 2.83. The van der Waals surface area contributed by atoms with Crippen molar-refractivity contribution in [1.82, 2.24) is 4.90 Å². The molecule has 4 nitrogen and oxygen atoms in total. The molecule has 1 atom stereocenters. The minimum absolute atomic E-state index is 0.0383. The van der Waals surface area contributed by atoms with Crippen molar-refractivity contribution in [3.63, 3.8) is 0 Å². The highest BCUT2D eigenvalue weighted by Crippen LogP contribution is 2.33. The molecule has 19 heavy (non-hydrogen) atoms. The third-order valence-corrected chi connectivity index (χ3v) is 4.15. The van der Waals surface area contributed by atoms with Crippen LogP contribution in [0.2, 0.25) is 0 Å². The van der Waals surface area contributed by atoms with E-state index in [1.165, 1.54) is 18.5 Å². The van der Waals surface area contributed by atoms with Crippen molar-refractivity contribution in [2.45, 2.75) is 31.2 Å². The molecule has 2 aliphatic rings. The maximum atomic E-state index is 6.51. The lowest BCUT2D eigenvalue weighted by atomic mass is 9.85. The van der Waals surface area contributed by atoms with Gasteiger partial charge in [0.1, 0.15) is 0 Å². The highest BCUT2D eigenvalue weighted by atomic mass is 16.7. The van der Waals surface area contributed by atoms with E-state index in [1.807, 2.05) is 6.07 Å². The Balaban J connectivity index is 1.62. The van der Waals surface area contributed by atoms with Crippen LogP contribution in [-0.2, 0) is 6.42 Å². The first-order valence-electron chi connectivity index (χ1n) is 7.01. The second-order valence-electron chi connectivity index (χ2n) is 5.89. The summed E-state index contributed by atoms with van der Waals surface area (Å²) in [6, 6.07) is 6.19. The molecular weight excluding hydrogens is 240 g/mol. The molecule has 1 unspecified atom stereocenters. The minimum atomic E-state index is -0.0383. The van der Waals surface area contributed by atoms with Gasteiger partial charge >= 0.3 is 0 Å². The maximum Gasteiger partial charge on any atom is 0.231 e. The van der Waals surface area contributed by atoms with E-state index < -0.39 is 0 Å². The highest BCUT2D eigenvalue weighted by molar-refractivity contribution is 5.44. The molecule has 0 aromatic heterocycles.